The molecule has 0 spiro atoms. The fraction of sp³-hybridized carbons (Fsp3) is 0.214. The number of anilines is 1. The van der Waals surface area contributed by atoms with E-state index in [0.29, 0.717) is 34.4 Å². The van der Waals surface area contributed by atoms with Crippen molar-refractivity contribution in [2.75, 3.05) is 24.6 Å². The summed E-state index contributed by atoms with van der Waals surface area (Å²) < 4.78 is 40.0. The predicted octanol–water partition coefficient (Wildman–Crippen LogP) is 3.55. The molecule has 5 rings (SSSR count). The zero-order valence-corrected chi connectivity index (χ0v) is 23.3. The highest BCUT2D eigenvalue weighted by atomic mass is 32.2. The molecule has 2 heterocycles. The van der Waals surface area contributed by atoms with Crippen molar-refractivity contribution in [2.24, 2.45) is 4.99 Å². The van der Waals surface area contributed by atoms with Gasteiger partial charge in [0.1, 0.15) is 6.54 Å². The molecule has 0 fully saturated rings. The number of sulfonamides is 1. The van der Waals surface area contributed by atoms with Crippen LogP contribution in [0, 0.1) is 0 Å². The van der Waals surface area contributed by atoms with Crippen LogP contribution in [0.15, 0.2) is 76.6 Å². The smallest absolute Gasteiger partial charge is 0.337 e. The molecule has 1 aliphatic rings. The molecule has 0 N–H and O–H groups in total. The highest BCUT2D eigenvalue weighted by Gasteiger charge is 2.30. The first kappa shape index (κ1) is 27.3. The summed E-state index contributed by atoms with van der Waals surface area (Å²) in [4.78, 5) is 41.9. The normalized spacial score (nSPS) is 13.3. The molecule has 0 bridgehead atoms. The largest absolute Gasteiger partial charge is 0.465 e. The van der Waals surface area contributed by atoms with E-state index in [1.54, 1.807) is 41.8 Å². The highest BCUT2D eigenvalue weighted by Crippen LogP contribution is 2.32. The SMILES string of the molecule is CCOC(=O)Cn1c(=NC(=O)c2ccc(S(=O)(=O)N3CCc4ccccc43)cc2)sc2cc(C(=O)OC)ccc21. The van der Waals surface area contributed by atoms with Crippen LogP contribution in [0.1, 0.15) is 33.2 Å². The van der Waals surface area contributed by atoms with E-state index in [2.05, 4.69) is 4.99 Å². The van der Waals surface area contributed by atoms with Gasteiger partial charge in [-0.25, -0.2) is 13.2 Å². The molecule has 10 nitrogen and oxygen atoms in total. The van der Waals surface area contributed by atoms with E-state index in [0.717, 1.165) is 16.9 Å². The zero-order chi connectivity index (χ0) is 28.4. The monoisotopic (exact) mass is 579 g/mol. The maximum atomic E-state index is 13.3. The zero-order valence-electron chi connectivity index (χ0n) is 21.7. The van der Waals surface area contributed by atoms with Crippen molar-refractivity contribution >= 4 is 55.1 Å². The molecule has 1 amide bonds. The summed E-state index contributed by atoms with van der Waals surface area (Å²) in [6.45, 7) is 2.05. The Balaban J connectivity index is 1.48. The van der Waals surface area contributed by atoms with Crippen LogP contribution < -0.4 is 9.11 Å². The molecule has 1 aromatic heterocycles. The maximum Gasteiger partial charge on any atom is 0.337 e. The molecule has 0 radical (unpaired) electrons. The Morgan fingerprint density at radius 3 is 2.45 bits per heavy atom. The Kier molecular flexibility index (Phi) is 7.55. The molecule has 206 valence electrons. The fourth-order valence-corrected chi connectivity index (χ4v) is 7.07. The van der Waals surface area contributed by atoms with Gasteiger partial charge in [-0.05, 0) is 67.4 Å². The molecule has 3 aromatic carbocycles. The third-order valence-corrected chi connectivity index (χ3v) is 9.30. The minimum absolute atomic E-state index is 0.0651. The number of carbonyl (C=O) groups excluding carboxylic acids is 3. The summed E-state index contributed by atoms with van der Waals surface area (Å²) in [6.07, 6.45) is 0.632. The van der Waals surface area contributed by atoms with E-state index >= 15 is 0 Å². The predicted molar refractivity (Wildman–Crippen MR) is 149 cm³/mol. The van der Waals surface area contributed by atoms with Gasteiger partial charge >= 0.3 is 11.9 Å². The van der Waals surface area contributed by atoms with Crippen LogP contribution >= 0.6 is 11.3 Å². The second-order valence-electron chi connectivity index (χ2n) is 8.85. The number of methoxy groups -OCH3 is 1. The third kappa shape index (κ3) is 5.15. The molecule has 0 saturated heterocycles. The average Bonchev–Trinajstić information content (AvgIpc) is 3.54. The van der Waals surface area contributed by atoms with Gasteiger partial charge in [0.2, 0.25) is 0 Å². The molecule has 0 unspecified atom stereocenters. The van der Waals surface area contributed by atoms with Gasteiger partial charge in [-0.3, -0.25) is 13.9 Å². The number of amides is 1. The van der Waals surface area contributed by atoms with Gasteiger partial charge in [-0.1, -0.05) is 29.5 Å². The van der Waals surface area contributed by atoms with Crippen LogP contribution in [-0.4, -0.2) is 51.1 Å². The van der Waals surface area contributed by atoms with Crippen molar-refractivity contribution in [1.82, 2.24) is 4.57 Å². The van der Waals surface area contributed by atoms with Gasteiger partial charge < -0.3 is 14.0 Å². The van der Waals surface area contributed by atoms with Crippen molar-refractivity contribution < 1.29 is 32.3 Å². The van der Waals surface area contributed by atoms with Crippen LogP contribution in [0.2, 0.25) is 0 Å². The highest BCUT2D eigenvalue weighted by molar-refractivity contribution is 7.92. The molecule has 0 atom stereocenters. The van der Waals surface area contributed by atoms with Crippen molar-refractivity contribution in [3.63, 3.8) is 0 Å². The topological polar surface area (TPSA) is 124 Å². The van der Waals surface area contributed by atoms with Crippen LogP contribution in [0.25, 0.3) is 10.2 Å². The van der Waals surface area contributed by atoms with E-state index < -0.39 is 27.9 Å². The second kappa shape index (κ2) is 11.1. The minimum atomic E-state index is -3.81. The lowest BCUT2D eigenvalue weighted by Crippen LogP contribution is -2.29. The van der Waals surface area contributed by atoms with E-state index in [1.165, 1.54) is 35.7 Å². The second-order valence-corrected chi connectivity index (χ2v) is 11.7. The van der Waals surface area contributed by atoms with Crippen molar-refractivity contribution in [2.45, 2.75) is 24.8 Å². The summed E-state index contributed by atoms with van der Waals surface area (Å²) in [7, 11) is -2.53. The number of fused-ring (bicyclic) bond motifs is 2. The fourth-order valence-electron chi connectivity index (χ4n) is 4.50. The molecule has 1 aliphatic heterocycles. The van der Waals surface area contributed by atoms with Crippen molar-refractivity contribution in [3.05, 3.63) is 88.2 Å². The quantitative estimate of drug-likeness (QED) is 0.307. The lowest BCUT2D eigenvalue weighted by molar-refractivity contribution is -0.143. The molecule has 40 heavy (non-hydrogen) atoms. The third-order valence-electron chi connectivity index (χ3n) is 6.43. The number of ether oxygens (including phenoxy) is 2. The standard InChI is InChI=1S/C28H25N3O7S2/c1-3-38-25(32)17-30-23-13-10-20(27(34)37-2)16-24(23)39-28(30)29-26(33)19-8-11-21(12-9-19)40(35,36)31-15-14-18-6-4-5-7-22(18)31/h4-13,16H,3,14-15,17H2,1-2H3. The van der Waals surface area contributed by atoms with E-state index in [-0.39, 0.29) is 28.4 Å². The Bertz CT molecular complexity index is 1810. The van der Waals surface area contributed by atoms with Gasteiger partial charge in [0.15, 0.2) is 4.80 Å². The Labute approximate surface area is 234 Å². The van der Waals surface area contributed by atoms with E-state index in [4.69, 9.17) is 9.47 Å². The number of nitrogens with zero attached hydrogens (tertiary/aromatic N) is 3. The van der Waals surface area contributed by atoms with Gasteiger partial charge in [0, 0.05) is 12.1 Å². The van der Waals surface area contributed by atoms with Gasteiger partial charge in [-0.2, -0.15) is 4.99 Å². The van der Waals surface area contributed by atoms with E-state index in [9.17, 15) is 22.8 Å². The average molecular weight is 580 g/mol. The number of esters is 2. The number of hydrogen-bond donors (Lipinski definition) is 0. The summed E-state index contributed by atoms with van der Waals surface area (Å²) in [6, 6.07) is 17.8. The number of para-hydroxylation sites is 1. The number of hydrogen-bond acceptors (Lipinski definition) is 8. The number of aromatic nitrogens is 1. The molecule has 12 heteroatoms. The lowest BCUT2D eigenvalue weighted by atomic mass is 10.2. The van der Waals surface area contributed by atoms with Gasteiger partial charge in [0.05, 0.1) is 40.1 Å². The number of thiazole rings is 1. The molecule has 0 aliphatic carbocycles. The van der Waals surface area contributed by atoms with Crippen LogP contribution in [0.4, 0.5) is 5.69 Å². The number of rotatable bonds is 7. The number of benzene rings is 3. The Morgan fingerprint density at radius 2 is 1.73 bits per heavy atom. The molecular weight excluding hydrogens is 554 g/mol. The van der Waals surface area contributed by atoms with Gasteiger partial charge in [0.25, 0.3) is 15.9 Å². The van der Waals surface area contributed by atoms with Crippen LogP contribution in [0.5, 0.6) is 0 Å². The summed E-state index contributed by atoms with van der Waals surface area (Å²) >= 11 is 1.12. The maximum absolute atomic E-state index is 13.3. The summed E-state index contributed by atoms with van der Waals surface area (Å²) in [5.74, 6) is -1.65. The van der Waals surface area contributed by atoms with Crippen molar-refractivity contribution in [1.29, 1.82) is 0 Å². The molecule has 4 aromatic rings. The first-order chi connectivity index (χ1) is 19.2. The van der Waals surface area contributed by atoms with Crippen molar-refractivity contribution in [3.8, 4) is 0 Å². The minimum Gasteiger partial charge on any atom is -0.465 e. The van der Waals surface area contributed by atoms with Crippen LogP contribution in [-0.2, 0) is 37.3 Å². The lowest BCUT2D eigenvalue weighted by Gasteiger charge is -2.19. The molecular formula is C28H25N3O7S2. The summed E-state index contributed by atoms with van der Waals surface area (Å²) in [5.41, 5.74) is 2.70. The van der Waals surface area contributed by atoms with Gasteiger partial charge in [-0.15, -0.1) is 0 Å². The number of carbonyl (C=O) groups is 3. The van der Waals surface area contributed by atoms with Crippen LogP contribution in [0.3, 0.4) is 0 Å². The Morgan fingerprint density at radius 1 is 1.00 bits per heavy atom. The Hall–Kier alpha value is -4.29. The first-order valence-electron chi connectivity index (χ1n) is 12.4. The summed E-state index contributed by atoms with van der Waals surface area (Å²) in [5, 5.41) is 0. The first-order valence-corrected chi connectivity index (χ1v) is 14.7. The molecule has 0 saturated carbocycles. The van der Waals surface area contributed by atoms with E-state index in [1.807, 2.05) is 12.1 Å².